The van der Waals surface area contributed by atoms with E-state index in [1.807, 2.05) is 18.2 Å². The Balaban J connectivity index is 1.68. The first-order valence-electron chi connectivity index (χ1n) is 8.94. The second-order valence-corrected chi connectivity index (χ2v) is 7.80. The second-order valence-electron chi connectivity index (χ2n) is 6.98. The molecule has 1 saturated heterocycles. The fourth-order valence-electron chi connectivity index (χ4n) is 3.44. The molecule has 1 N–H and O–H groups in total. The Labute approximate surface area is 172 Å². The number of likely N-dealkylation sites (tertiary alicyclic amines) is 1. The van der Waals surface area contributed by atoms with Gasteiger partial charge in [-0.1, -0.05) is 29.3 Å². The molecule has 7 nitrogen and oxygen atoms in total. The maximum Gasteiger partial charge on any atom is 0.332 e. The number of nitrogens with zero attached hydrogens (tertiary/aromatic N) is 4. The molecule has 148 valence electrons. The first kappa shape index (κ1) is 20.5. The molecule has 0 amide bonds. The van der Waals surface area contributed by atoms with Gasteiger partial charge in [-0.15, -0.1) is 0 Å². The van der Waals surface area contributed by atoms with Crippen molar-refractivity contribution >= 4 is 29.0 Å². The molecule has 0 atom stereocenters. The van der Waals surface area contributed by atoms with Crippen LogP contribution >= 0.6 is 23.2 Å². The van der Waals surface area contributed by atoms with Gasteiger partial charge in [0.1, 0.15) is 11.9 Å². The van der Waals surface area contributed by atoms with Crippen LogP contribution in [0.3, 0.4) is 0 Å². The van der Waals surface area contributed by atoms with Crippen molar-refractivity contribution < 1.29 is 0 Å². The van der Waals surface area contributed by atoms with Crippen LogP contribution < -0.4 is 16.6 Å². The summed E-state index contributed by atoms with van der Waals surface area (Å²) in [5, 5.41) is 13.7. The third kappa shape index (κ3) is 4.09. The zero-order chi connectivity index (χ0) is 20.4. The van der Waals surface area contributed by atoms with Crippen molar-refractivity contribution in [2.75, 3.05) is 18.4 Å². The number of rotatable bonds is 4. The number of aromatic nitrogens is 2. The highest BCUT2D eigenvalue weighted by atomic mass is 35.5. The first-order valence-corrected chi connectivity index (χ1v) is 9.70. The van der Waals surface area contributed by atoms with Gasteiger partial charge in [0.15, 0.2) is 5.56 Å². The monoisotopic (exact) mass is 421 g/mol. The normalized spacial score (nSPS) is 15.4. The van der Waals surface area contributed by atoms with Gasteiger partial charge in [-0.25, -0.2) is 4.79 Å². The van der Waals surface area contributed by atoms with Crippen LogP contribution in [-0.4, -0.2) is 33.2 Å². The minimum absolute atomic E-state index is 0.0390. The number of nitrogens with one attached hydrogen (secondary N) is 1. The van der Waals surface area contributed by atoms with Crippen LogP contribution in [-0.2, 0) is 20.6 Å². The lowest BCUT2D eigenvalue weighted by Gasteiger charge is -2.33. The van der Waals surface area contributed by atoms with E-state index in [-0.39, 0.29) is 11.6 Å². The lowest BCUT2D eigenvalue weighted by molar-refractivity contribution is 0.211. The minimum atomic E-state index is -0.579. The summed E-state index contributed by atoms with van der Waals surface area (Å²) in [4.78, 5) is 26.7. The van der Waals surface area contributed by atoms with Gasteiger partial charge in [0.2, 0.25) is 0 Å². The fraction of sp³-hybridized carbons (Fsp3) is 0.421. The van der Waals surface area contributed by atoms with Crippen molar-refractivity contribution in [3.63, 3.8) is 0 Å². The first-order chi connectivity index (χ1) is 13.3. The average Bonchev–Trinajstić information content (AvgIpc) is 2.69. The standard InChI is InChI=1S/C19H21Cl2N5O2/c1-24-17(14(10-22)18(27)25(2)19(24)28)23-13-5-7-26(8-6-13)11-12-3-4-15(20)16(21)9-12/h3-4,9,13,23H,5-8,11H2,1-2H3. The van der Waals surface area contributed by atoms with Crippen LogP contribution in [0.5, 0.6) is 0 Å². The number of benzene rings is 1. The lowest BCUT2D eigenvalue weighted by Crippen LogP contribution is -2.43. The van der Waals surface area contributed by atoms with Crippen molar-refractivity contribution in [3.05, 3.63) is 60.2 Å². The molecule has 0 bridgehead atoms. The SMILES string of the molecule is Cn1c(NC2CCN(Cc3ccc(Cl)c(Cl)c3)CC2)c(C#N)c(=O)n(C)c1=O. The molecular weight excluding hydrogens is 401 g/mol. The summed E-state index contributed by atoms with van der Waals surface area (Å²) in [5.74, 6) is 0.290. The van der Waals surface area contributed by atoms with Gasteiger partial charge in [0.05, 0.1) is 10.0 Å². The van der Waals surface area contributed by atoms with Crippen LogP contribution in [0.4, 0.5) is 5.82 Å². The molecule has 0 aliphatic carbocycles. The van der Waals surface area contributed by atoms with E-state index in [0.29, 0.717) is 15.9 Å². The number of piperidine rings is 1. The lowest BCUT2D eigenvalue weighted by atomic mass is 10.0. The number of anilines is 1. The molecule has 9 heteroatoms. The molecule has 1 fully saturated rings. The molecule has 2 heterocycles. The molecule has 0 unspecified atom stereocenters. The Kier molecular flexibility index (Phi) is 6.14. The molecule has 1 aromatic heterocycles. The molecule has 0 saturated carbocycles. The summed E-state index contributed by atoms with van der Waals surface area (Å²) in [6, 6.07) is 7.65. The minimum Gasteiger partial charge on any atom is -0.367 e. The second kappa shape index (κ2) is 8.39. The van der Waals surface area contributed by atoms with E-state index in [9.17, 15) is 14.9 Å². The van der Waals surface area contributed by atoms with Gasteiger partial charge in [-0.05, 0) is 30.5 Å². The van der Waals surface area contributed by atoms with Crippen LogP contribution in [0.1, 0.15) is 24.0 Å². The molecular formula is C19H21Cl2N5O2. The molecule has 1 aromatic carbocycles. The van der Waals surface area contributed by atoms with Crippen molar-refractivity contribution in [1.82, 2.24) is 14.0 Å². The summed E-state index contributed by atoms with van der Waals surface area (Å²) in [5.41, 5.74) is 0.0260. The van der Waals surface area contributed by atoms with Gasteiger partial charge >= 0.3 is 5.69 Å². The van der Waals surface area contributed by atoms with Crippen LogP contribution in [0.15, 0.2) is 27.8 Å². The van der Waals surface area contributed by atoms with Gasteiger partial charge in [-0.3, -0.25) is 18.8 Å². The predicted molar refractivity (Wildman–Crippen MR) is 110 cm³/mol. The smallest absolute Gasteiger partial charge is 0.332 e. The van der Waals surface area contributed by atoms with Gasteiger partial charge < -0.3 is 5.32 Å². The zero-order valence-corrected chi connectivity index (χ0v) is 17.2. The highest BCUT2D eigenvalue weighted by molar-refractivity contribution is 6.42. The Morgan fingerprint density at radius 3 is 2.43 bits per heavy atom. The third-order valence-electron chi connectivity index (χ3n) is 5.09. The van der Waals surface area contributed by atoms with Crippen molar-refractivity contribution in [2.45, 2.75) is 25.4 Å². The fourth-order valence-corrected chi connectivity index (χ4v) is 3.76. The van der Waals surface area contributed by atoms with Crippen molar-refractivity contribution in [2.24, 2.45) is 14.1 Å². The Morgan fingerprint density at radius 2 is 1.82 bits per heavy atom. The Morgan fingerprint density at radius 1 is 1.14 bits per heavy atom. The van der Waals surface area contributed by atoms with E-state index in [0.717, 1.165) is 42.6 Å². The molecule has 28 heavy (non-hydrogen) atoms. The van der Waals surface area contributed by atoms with Crippen LogP contribution in [0, 0.1) is 11.3 Å². The number of hydrogen-bond donors (Lipinski definition) is 1. The van der Waals surface area contributed by atoms with Crippen LogP contribution in [0.25, 0.3) is 0 Å². The predicted octanol–water partition coefficient (Wildman–Crippen LogP) is 2.34. The zero-order valence-electron chi connectivity index (χ0n) is 15.7. The Bertz CT molecular complexity index is 1050. The molecule has 0 radical (unpaired) electrons. The van der Waals surface area contributed by atoms with Gasteiger partial charge in [-0.2, -0.15) is 5.26 Å². The molecule has 3 rings (SSSR count). The van der Waals surface area contributed by atoms with E-state index in [1.165, 1.54) is 11.6 Å². The maximum atomic E-state index is 12.2. The number of nitriles is 1. The van der Waals surface area contributed by atoms with Crippen molar-refractivity contribution in [3.8, 4) is 6.07 Å². The number of hydrogen-bond acceptors (Lipinski definition) is 5. The topological polar surface area (TPSA) is 83.1 Å². The Hall–Kier alpha value is -2.27. The summed E-state index contributed by atoms with van der Waals surface area (Å²) < 4.78 is 2.27. The summed E-state index contributed by atoms with van der Waals surface area (Å²) in [6.45, 7) is 2.47. The van der Waals surface area contributed by atoms with E-state index in [1.54, 1.807) is 13.1 Å². The number of halogens is 2. The molecule has 0 spiro atoms. The van der Waals surface area contributed by atoms with Crippen LogP contribution in [0.2, 0.25) is 10.0 Å². The summed E-state index contributed by atoms with van der Waals surface area (Å²) >= 11 is 12.0. The van der Waals surface area contributed by atoms with E-state index < -0.39 is 11.2 Å². The molecule has 1 aliphatic rings. The highest BCUT2D eigenvalue weighted by Crippen LogP contribution is 2.24. The van der Waals surface area contributed by atoms with E-state index >= 15 is 0 Å². The molecule has 1 aliphatic heterocycles. The highest BCUT2D eigenvalue weighted by Gasteiger charge is 2.23. The molecule has 2 aromatic rings. The van der Waals surface area contributed by atoms with E-state index in [2.05, 4.69) is 10.2 Å². The summed E-state index contributed by atoms with van der Waals surface area (Å²) in [6.07, 6.45) is 1.66. The third-order valence-corrected chi connectivity index (χ3v) is 5.83. The van der Waals surface area contributed by atoms with Gasteiger partial charge in [0.25, 0.3) is 5.56 Å². The van der Waals surface area contributed by atoms with Gasteiger partial charge in [0, 0.05) is 39.8 Å². The van der Waals surface area contributed by atoms with E-state index in [4.69, 9.17) is 23.2 Å². The average molecular weight is 422 g/mol. The maximum absolute atomic E-state index is 12.2. The largest absolute Gasteiger partial charge is 0.367 e. The van der Waals surface area contributed by atoms with Crippen molar-refractivity contribution in [1.29, 1.82) is 5.26 Å². The quantitative estimate of drug-likeness (QED) is 0.818. The summed E-state index contributed by atoms with van der Waals surface area (Å²) in [7, 11) is 2.93.